The molecule has 5 nitrogen and oxygen atoms in total. The maximum absolute atomic E-state index is 13.2. The van der Waals surface area contributed by atoms with E-state index in [2.05, 4.69) is 10.6 Å². The summed E-state index contributed by atoms with van der Waals surface area (Å²) < 4.78 is 13.2. The normalized spacial score (nSPS) is 15.6. The van der Waals surface area contributed by atoms with Gasteiger partial charge in [-0.25, -0.2) is 4.39 Å². The van der Waals surface area contributed by atoms with Crippen molar-refractivity contribution < 1.29 is 9.31 Å². The lowest BCUT2D eigenvalue weighted by molar-refractivity contribution is -0.384. The van der Waals surface area contributed by atoms with Crippen molar-refractivity contribution in [2.24, 2.45) is 0 Å². The van der Waals surface area contributed by atoms with E-state index in [9.17, 15) is 14.5 Å². The van der Waals surface area contributed by atoms with Gasteiger partial charge in [-0.3, -0.25) is 10.1 Å². The summed E-state index contributed by atoms with van der Waals surface area (Å²) in [4.78, 5) is 10.2. The van der Waals surface area contributed by atoms with E-state index < -0.39 is 10.7 Å². The van der Waals surface area contributed by atoms with Crippen LogP contribution in [0.3, 0.4) is 0 Å². The zero-order valence-corrected chi connectivity index (χ0v) is 8.79. The molecule has 1 aromatic carbocycles. The Kier molecular flexibility index (Phi) is 2.74. The van der Waals surface area contributed by atoms with Gasteiger partial charge in [-0.05, 0) is 18.6 Å². The van der Waals surface area contributed by atoms with Crippen LogP contribution in [0.5, 0.6) is 0 Å². The highest BCUT2D eigenvalue weighted by Gasteiger charge is 2.22. The largest absolute Gasteiger partial charge is 0.374 e. The fourth-order valence-corrected chi connectivity index (χ4v) is 1.55. The summed E-state index contributed by atoms with van der Waals surface area (Å²) in [6, 6.07) is 2.62. The number of nitrogens with zero attached hydrogens (tertiary/aromatic N) is 1. The molecule has 1 aliphatic rings. The van der Waals surface area contributed by atoms with Gasteiger partial charge in [0.15, 0.2) is 0 Å². The maximum Gasteiger partial charge on any atom is 0.295 e. The Labute approximate surface area is 91.8 Å². The van der Waals surface area contributed by atoms with Crippen LogP contribution in [-0.2, 0) is 0 Å². The van der Waals surface area contributed by atoms with Gasteiger partial charge in [0.1, 0.15) is 11.5 Å². The van der Waals surface area contributed by atoms with E-state index in [-0.39, 0.29) is 11.7 Å². The maximum atomic E-state index is 13.2. The molecule has 1 fully saturated rings. The SMILES string of the molecule is Cc1cc(NC2CNC2)c([N+](=O)[O-])cc1F. The second kappa shape index (κ2) is 4.05. The molecule has 0 bridgehead atoms. The molecule has 0 unspecified atom stereocenters. The molecule has 0 atom stereocenters. The molecule has 0 aliphatic carbocycles. The van der Waals surface area contributed by atoms with E-state index in [0.29, 0.717) is 11.3 Å². The second-order valence-electron chi connectivity index (χ2n) is 3.88. The Morgan fingerprint density at radius 2 is 2.25 bits per heavy atom. The van der Waals surface area contributed by atoms with Crippen LogP contribution in [-0.4, -0.2) is 24.1 Å². The van der Waals surface area contributed by atoms with Crippen LogP contribution in [0.1, 0.15) is 5.56 Å². The highest BCUT2D eigenvalue weighted by Crippen LogP contribution is 2.28. The van der Waals surface area contributed by atoms with Crippen molar-refractivity contribution in [1.29, 1.82) is 0 Å². The summed E-state index contributed by atoms with van der Waals surface area (Å²) in [6.07, 6.45) is 0. The quantitative estimate of drug-likeness (QED) is 0.603. The summed E-state index contributed by atoms with van der Waals surface area (Å²) in [7, 11) is 0. The number of rotatable bonds is 3. The average Bonchev–Trinajstić information content (AvgIpc) is 2.16. The molecule has 0 spiro atoms. The molecular weight excluding hydrogens is 213 g/mol. The molecular formula is C10H12FN3O2. The molecule has 1 aliphatic heterocycles. The Morgan fingerprint density at radius 3 is 2.75 bits per heavy atom. The molecule has 0 radical (unpaired) electrons. The predicted molar refractivity (Wildman–Crippen MR) is 58.1 cm³/mol. The monoisotopic (exact) mass is 225 g/mol. The lowest BCUT2D eigenvalue weighted by Crippen LogP contribution is -2.51. The van der Waals surface area contributed by atoms with Crippen molar-refractivity contribution in [2.45, 2.75) is 13.0 Å². The molecule has 1 aromatic rings. The highest BCUT2D eigenvalue weighted by atomic mass is 19.1. The van der Waals surface area contributed by atoms with Gasteiger partial charge in [-0.15, -0.1) is 0 Å². The number of nitrogens with one attached hydrogen (secondary N) is 2. The van der Waals surface area contributed by atoms with Crippen molar-refractivity contribution in [2.75, 3.05) is 18.4 Å². The third-order valence-electron chi connectivity index (χ3n) is 2.61. The van der Waals surface area contributed by atoms with Crippen LogP contribution in [0.15, 0.2) is 12.1 Å². The van der Waals surface area contributed by atoms with Crippen molar-refractivity contribution in [1.82, 2.24) is 5.32 Å². The molecule has 0 saturated carbocycles. The summed E-state index contributed by atoms with van der Waals surface area (Å²) in [5, 5.41) is 16.8. The number of nitro groups is 1. The molecule has 6 heteroatoms. The molecule has 2 N–H and O–H groups in total. The average molecular weight is 225 g/mol. The van der Waals surface area contributed by atoms with Crippen LogP contribution >= 0.6 is 0 Å². The smallest absolute Gasteiger partial charge is 0.295 e. The summed E-state index contributed by atoms with van der Waals surface area (Å²) in [6.45, 7) is 3.13. The Hall–Kier alpha value is -1.69. The summed E-state index contributed by atoms with van der Waals surface area (Å²) in [5.41, 5.74) is 0.575. The topological polar surface area (TPSA) is 67.2 Å². The minimum absolute atomic E-state index is 0.184. The number of hydrogen-bond acceptors (Lipinski definition) is 4. The first-order chi connectivity index (χ1) is 7.58. The van der Waals surface area contributed by atoms with Gasteiger partial charge in [0.25, 0.3) is 5.69 Å². The predicted octanol–water partition coefficient (Wildman–Crippen LogP) is 1.43. The van der Waals surface area contributed by atoms with Crippen LogP contribution in [0.25, 0.3) is 0 Å². The fraction of sp³-hybridized carbons (Fsp3) is 0.400. The van der Waals surface area contributed by atoms with Crippen LogP contribution in [0.2, 0.25) is 0 Å². The zero-order valence-electron chi connectivity index (χ0n) is 8.79. The van der Waals surface area contributed by atoms with Crippen molar-refractivity contribution >= 4 is 11.4 Å². The molecule has 1 heterocycles. The molecule has 1 saturated heterocycles. The second-order valence-corrected chi connectivity index (χ2v) is 3.88. The fourth-order valence-electron chi connectivity index (χ4n) is 1.55. The van der Waals surface area contributed by atoms with Gasteiger partial charge in [0, 0.05) is 13.1 Å². The first-order valence-corrected chi connectivity index (χ1v) is 4.99. The van der Waals surface area contributed by atoms with Gasteiger partial charge in [-0.2, -0.15) is 0 Å². The lowest BCUT2D eigenvalue weighted by atomic mass is 10.1. The third-order valence-corrected chi connectivity index (χ3v) is 2.61. The highest BCUT2D eigenvalue weighted by molar-refractivity contribution is 5.63. The van der Waals surface area contributed by atoms with Gasteiger partial charge >= 0.3 is 0 Å². The first kappa shape index (κ1) is 10.8. The first-order valence-electron chi connectivity index (χ1n) is 4.99. The Morgan fingerprint density at radius 1 is 1.56 bits per heavy atom. The van der Waals surface area contributed by atoms with Crippen molar-refractivity contribution in [3.63, 3.8) is 0 Å². The van der Waals surface area contributed by atoms with Gasteiger partial charge in [0.2, 0.25) is 0 Å². The number of nitro benzene ring substituents is 1. The van der Waals surface area contributed by atoms with Gasteiger partial charge in [0.05, 0.1) is 17.0 Å². The number of aryl methyl sites for hydroxylation is 1. The molecule has 16 heavy (non-hydrogen) atoms. The molecule has 86 valence electrons. The van der Waals surface area contributed by atoms with E-state index in [1.807, 2.05) is 0 Å². The van der Waals surface area contributed by atoms with Crippen molar-refractivity contribution in [3.8, 4) is 0 Å². The van der Waals surface area contributed by atoms with Crippen LogP contribution in [0, 0.1) is 22.9 Å². The van der Waals surface area contributed by atoms with Crippen molar-refractivity contribution in [3.05, 3.63) is 33.6 Å². The van der Waals surface area contributed by atoms with E-state index in [0.717, 1.165) is 19.2 Å². The van der Waals surface area contributed by atoms with E-state index >= 15 is 0 Å². The summed E-state index contributed by atoms with van der Waals surface area (Å²) in [5.74, 6) is -0.552. The Balaban J connectivity index is 2.32. The minimum Gasteiger partial charge on any atom is -0.374 e. The number of halogens is 1. The third kappa shape index (κ3) is 1.96. The number of benzene rings is 1. The zero-order chi connectivity index (χ0) is 11.7. The van der Waals surface area contributed by atoms with E-state index in [1.165, 1.54) is 6.07 Å². The lowest BCUT2D eigenvalue weighted by Gasteiger charge is -2.28. The number of anilines is 1. The van der Waals surface area contributed by atoms with E-state index in [1.54, 1.807) is 6.92 Å². The molecule has 2 rings (SSSR count). The number of hydrogen-bond donors (Lipinski definition) is 2. The summed E-state index contributed by atoms with van der Waals surface area (Å²) >= 11 is 0. The van der Waals surface area contributed by atoms with Gasteiger partial charge in [-0.1, -0.05) is 0 Å². The van der Waals surface area contributed by atoms with Gasteiger partial charge < -0.3 is 10.6 Å². The standard InChI is InChI=1S/C10H12FN3O2/c1-6-2-9(13-7-4-12-5-7)10(14(15)16)3-8(6)11/h2-3,7,12-13H,4-5H2,1H3. The Bertz CT molecular complexity index is 432. The van der Waals surface area contributed by atoms with E-state index in [4.69, 9.17) is 0 Å². The minimum atomic E-state index is -0.572. The van der Waals surface area contributed by atoms with Crippen LogP contribution < -0.4 is 10.6 Å². The van der Waals surface area contributed by atoms with Crippen LogP contribution in [0.4, 0.5) is 15.8 Å². The molecule has 0 amide bonds. The molecule has 0 aromatic heterocycles.